The van der Waals surface area contributed by atoms with Gasteiger partial charge in [-0.25, -0.2) is 0 Å². The van der Waals surface area contributed by atoms with Gasteiger partial charge in [0.25, 0.3) is 0 Å². The van der Waals surface area contributed by atoms with Crippen molar-refractivity contribution in [1.82, 2.24) is 19.7 Å². The van der Waals surface area contributed by atoms with E-state index in [2.05, 4.69) is 62.1 Å². The van der Waals surface area contributed by atoms with E-state index < -0.39 is 0 Å². The van der Waals surface area contributed by atoms with Gasteiger partial charge in [-0.3, -0.25) is 4.90 Å². The summed E-state index contributed by atoms with van der Waals surface area (Å²) in [6.45, 7) is 4.04. The first-order chi connectivity index (χ1) is 14.3. The number of rotatable bonds is 9. The van der Waals surface area contributed by atoms with Crippen molar-refractivity contribution in [3.8, 4) is 5.75 Å². The van der Waals surface area contributed by atoms with E-state index in [1.807, 2.05) is 12.1 Å². The second-order valence-electron chi connectivity index (χ2n) is 7.40. The largest absolute Gasteiger partial charge is 0.497 e. The van der Waals surface area contributed by atoms with Crippen LogP contribution < -0.4 is 4.74 Å². The van der Waals surface area contributed by atoms with Crippen molar-refractivity contribution in [2.24, 2.45) is 0 Å². The fraction of sp³-hybridized carbons (Fsp3) is 0.391. The number of likely N-dealkylation sites (tertiary alicyclic amines) is 1. The zero-order chi connectivity index (χ0) is 19.9. The standard InChI is InChI=1S/C23H28N4OS/c1-28-21-11-9-19(10-12-21)13-16-29-23-25-24-22(18-26-14-5-6-15-26)27(23)17-20-7-3-2-4-8-20/h2-4,7-12H,5-6,13-18H2,1H3. The number of hydrogen-bond donors (Lipinski definition) is 0. The molecular weight excluding hydrogens is 380 g/mol. The fourth-order valence-electron chi connectivity index (χ4n) is 3.66. The smallest absolute Gasteiger partial charge is 0.191 e. The summed E-state index contributed by atoms with van der Waals surface area (Å²) in [6, 6.07) is 18.9. The lowest BCUT2D eigenvalue weighted by Gasteiger charge is -2.16. The van der Waals surface area contributed by atoms with Crippen LogP contribution in [-0.2, 0) is 19.5 Å². The topological polar surface area (TPSA) is 43.2 Å². The Morgan fingerprint density at radius 2 is 1.66 bits per heavy atom. The number of nitrogens with zero attached hydrogens (tertiary/aromatic N) is 4. The van der Waals surface area contributed by atoms with Gasteiger partial charge in [-0.15, -0.1) is 10.2 Å². The van der Waals surface area contributed by atoms with Gasteiger partial charge in [0.15, 0.2) is 5.16 Å². The summed E-state index contributed by atoms with van der Waals surface area (Å²) in [4.78, 5) is 2.48. The SMILES string of the molecule is COc1ccc(CCSc2nnc(CN3CCCC3)n2Cc2ccccc2)cc1. The van der Waals surface area contributed by atoms with Gasteiger partial charge >= 0.3 is 0 Å². The molecular formula is C23H28N4OS. The predicted octanol–water partition coefficient (Wildman–Crippen LogP) is 4.27. The second-order valence-corrected chi connectivity index (χ2v) is 8.46. The minimum atomic E-state index is 0.821. The number of thioether (sulfide) groups is 1. The van der Waals surface area contributed by atoms with Crippen molar-refractivity contribution in [2.45, 2.75) is 37.5 Å². The molecule has 0 N–H and O–H groups in total. The summed E-state index contributed by atoms with van der Waals surface area (Å²) in [5.41, 5.74) is 2.59. The Morgan fingerprint density at radius 1 is 0.897 bits per heavy atom. The summed E-state index contributed by atoms with van der Waals surface area (Å²) in [5, 5.41) is 10.1. The Balaban J connectivity index is 1.44. The van der Waals surface area contributed by atoms with Crippen molar-refractivity contribution in [2.75, 3.05) is 26.0 Å². The molecule has 0 saturated carbocycles. The third-order valence-corrected chi connectivity index (χ3v) is 6.29. The van der Waals surface area contributed by atoms with Gasteiger partial charge in [0.05, 0.1) is 20.2 Å². The molecule has 1 fully saturated rings. The minimum Gasteiger partial charge on any atom is -0.497 e. The van der Waals surface area contributed by atoms with Gasteiger partial charge in [-0.2, -0.15) is 0 Å². The zero-order valence-electron chi connectivity index (χ0n) is 17.0. The number of ether oxygens (including phenoxy) is 1. The van der Waals surface area contributed by atoms with E-state index in [0.29, 0.717) is 0 Å². The van der Waals surface area contributed by atoms with Gasteiger partial charge in [0.1, 0.15) is 11.6 Å². The first kappa shape index (κ1) is 20.0. The molecule has 1 aromatic heterocycles. The monoisotopic (exact) mass is 408 g/mol. The molecule has 4 rings (SSSR count). The van der Waals surface area contributed by atoms with Crippen LogP contribution in [0.1, 0.15) is 29.8 Å². The highest BCUT2D eigenvalue weighted by Gasteiger charge is 2.18. The summed E-state index contributed by atoms with van der Waals surface area (Å²) < 4.78 is 7.54. The maximum atomic E-state index is 5.24. The van der Waals surface area contributed by atoms with Crippen LogP contribution in [0.3, 0.4) is 0 Å². The Kier molecular flexibility index (Phi) is 6.85. The van der Waals surface area contributed by atoms with Crippen molar-refractivity contribution in [1.29, 1.82) is 0 Å². The molecule has 0 spiro atoms. The average molecular weight is 409 g/mol. The lowest BCUT2D eigenvalue weighted by Crippen LogP contribution is -2.21. The van der Waals surface area contributed by atoms with Gasteiger partial charge < -0.3 is 9.30 Å². The highest BCUT2D eigenvalue weighted by Crippen LogP contribution is 2.22. The van der Waals surface area contributed by atoms with Crippen LogP contribution in [0.2, 0.25) is 0 Å². The molecule has 1 aliphatic heterocycles. The third-order valence-electron chi connectivity index (χ3n) is 5.32. The van der Waals surface area contributed by atoms with Gasteiger partial charge in [-0.05, 0) is 55.6 Å². The van der Waals surface area contributed by atoms with E-state index in [1.165, 1.54) is 24.0 Å². The van der Waals surface area contributed by atoms with Crippen molar-refractivity contribution in [3.05, 3.63) is 71.5 Å². The molecule has 0 unspecified atom stereocenters. The molecule has 0 atom stereocenters. The summed E-state index contributed by atoms with van der Waals surface area (Å²) in [6.07, 6.45) is 3.57. The second kappa shape index (κ2) is 9.94. The zero-order valence-corrected chi connectivity index (χ0v) is 17.8. The Labute approximate surface area is 177 Å². The molecule has 3 aromatic rings. The molecule has 0 amide bonds. The molecule has 6 heteroatoms. The third kappa shape index (κ3) is 5.40. The van der Waals surface area contributed by atoms with Crippen molar-refractivity contribution >= 4 is 11.8 Å². The van der Waals surface area contributed by atoms with Crippen LogP contribution in [0.4, 0.5) is 0 Å². The Morgan fingerprint density at radius 3 is 2.38 bits per heavy atom. The first-order valence-electron chi connectivity index (χ1n) is 10.3. The van der Waals surface area contributed by atoms with Gasteiger partial charge in [0.2, 0.25) is 0 Å². The number of hydrogen-bond acceptors (Lipinski definition) is 5. The lowest BCUT2D eigenvalue weighted by atomic mass is 10.2. The van der Waals surface area contributed by atoms with E-state index in [-0.39, 0.29) is 0 Å². The van der Waals surface area contributed by atoms with Gasteiger partial charge in [-0.1, -0.05) is 54.2 Å². The highest BCUT2D eigenvalue weighted by molar-refractivity contribution is 7.99. The Bertz CT molecular complexity index is 889. The molecule has 0 radical (unpaired) electrons. The number of aromatic nitrogens is 3. The average Bonchev–Trinajstić information content (AvgIpc) is 3.41. The van der Waals surface area contributed by atoms with Crippen LogP contribution in [0.5, 0.6) is 5.75 Å². The van der Waals surface area contributed by atoms with Crippen LogP contribution in [0, 0.1) is 0 Å². The molecule has 0 bridgehead atoms. The lowest BCUT2D eigenvalue weighted by molar-refractivity contribution is 0.316. The highest BCUT2D eigenvalue weighted by atomic mass is 32.2. The van der Waals surface area contributed by atoms with E-state index in [4.69, 9.17) is 4.74 Å². The molecule has 29 heavy (non-hydrogen) atoms. The van der Waals surface area contributed by atoms with Crippen molar-refractivity contribution < 1.29 is 4.74 Å². The van der Waals surface area contributed by atoms with Crippen LogP contribution in [0.25, 0.3) is 0 Å². The predicted molar refractivity (Wildman–Crippen MR) is 117 cm³/mol. The van der Waals surface area contributed by atoms with Crippen molar-refractivity contribution in [3.63, 3.8) is 0 Å². The van der Waals surface area contributed by atoms with E-state index in [9.17, 15) is 0 Å². The number of aryl methyl sites for hydroxylation is 1. The van der Waals surface area contributed by atoms with E-state index in [0.717, 1.165) is 55.1 Å². The molecule has 1 aliphatic rings. The maximum absolute atomic E-state index is 5.24. The van der Waals surface area contributed by atoms with E-state index in [1.54, 1.807) is 18.9 Å². The fourth-order valence-corrected chi connectivity index (χ4v) is 4.61. The number of methoxy groups -OCH3 is 1. The van der Waals surface area contributed by atoms with E-state index >= 15 is 0 Å². The molecule has 1 saturated heterocycles. The maximum Gasteiger partial charge on any atom is 0.191 e. The summed E-state index contributed by atoms with van der Waals surface area (Å²) in [7, 11) is 1.70. The summed E-state index contributed by atoms with van der Waals surface area (Å²) >= 11 is 1.79. The number of benzene rings is 2. The first-order valence-corrected chi connectivity index (χ1v) is 11.2. The minimum absolute atomic E-state index is 0.821. The normalized spacial score (nSPS) is 14.4. The van der Waals surface area contributed by atoms with Gasteiger partial charge in [0, 0.05) is 5.75 Å². The Hall–Kier alpha value is -2.31. The molecule has 2 aromatic carbocycles. The molecule has 2 heterocycles. The summed E-state index contributed by atoms with van der Waals surface area (Å²) in [5.74, 6) is 2.95. The van der Waals surface area contributed by atoms with Crippen LogP contribution in [0.15, 0.2) is 59.8 Å². The van der Waals surface area contributed by atoms with Crippen LogP contribution >= 0.6 is 11.8 Å². The molecule has 5 nitrogen and oxygen atoms in total. The molecule has 152 valence electrons. The quantitative estimate of drug-likeness (QED) is 0.495. The van der Waals surface area contributed by atoms with Crippen LogP contribution in [-0.4, -0.2) is 45.6 Å². The molecule has 0 aliphatic carbocycles.